The van der Waals surface area contributed by atoms with Crippen LogP contribution in [0.25, 0.3) is 0 Å². The van der Waals surface area contributed by atoms with Crippen molar-refractivity contribution in [1.82, 2.24) is 10.6 Å². The summed E-state index contributed by atoms with van der Waals surface area (Å²) in [5, 5.41) is 6.00. The molecule has 0 spiro atoms. The summed E-state index contributed by atoms with van der Waals surface area (Å²) in [6.45, 7) is 6.25. The van der Waals surface area contributed by atoms with Crippen molar-refractivity contribution in [3.05, 3.63) is 35.6 Å². The van der Waals surface area contributed by atoms with Crippen LogP contribution in [0.3, 0.4) is 0 Å². The summed E-state index contributed by atoms with van der Waals surface area (Å²) >= 11 is 0. The molecule has 1 saturated heterocycles. The molecule has 2 rings (SSSR count). The van der Waals surface area contributed by atoms with Crippen LogP contribution in [-0.2, 0) is 14.9 Å². The molecular weight excluding hydrogens is 295 g/mol. The molecule has 0 saturated carbocycles. The Labute approximate surface area is 130 Å². The highest BCUT2D eigenvalue weighted by Crippen LogP contribution is 2.22. The van der Waals surface area contributed by atoms with Crippen molar-refractivity contribution in [2.45, 2.75) is 25.4 Å². The van der Waals surface area contributed by atoms with Crippen LogP contribution in [0.2, 0.25) is 0 Å². The fraction of sp³-hybridized carbons (Fsp3) is 0.533. The van der Waals surface area contributed by atoms with Crippen molar-refractivity contribution < 1.29 is 13.9 Å². The van der Waals surface area contributed by atoms with Gasteiger partial charge in [0.05, 0.1) is 6.61 Å². The number of amides is 1. The van der Waals surface area contributed by atoms with Gasteiger partial charge in [0, 0.05) is 25.0 Å². The van der Waals surface area contributed by atoms with E-state index in [9.17, 15) is 9.18 Å². The highest BCUT2D eigenvalue weighted by atomic mass is 35.5. The predicted octanol–water partition coefficient (Wildman–Crippen LogP) is 1.63. The molecule has 6 heteroatoms. The summed E-state index contributed by atoms with van der Waals surface area (Å²) < 4.78 is 18.7. The van der Waals surface area contributed by atoms with Crippen molar-refractivity contribution in [2.24, 2.45) is 0 Å². The molecule has 1 atom stereocenters. The molecule has 4 nitrogen and oxygen atoms in total. The third-order valence-electron chi connectivity index (χ3n) is 3.53. The lowest BCUT2D eigenvalue weighted by atomic mass is 9.84. The van der Waals surface area contributed by atoms with Gasteiger partial charge in [0.1, 0.15) is 11.9 Å². The monoisotopic (exact) mass is 316 g/mol. The Morgan fingerprint density at radius 3 is 2.90 bits per heavy atom. The van der Waals surface area contributed by atoms with Crippen molar-refractivity contribution in [3.8, 4) is 0 Å². The molecule has 2 N–H and O–H groups in total. The fourth-order valence-corrected chi connectivity index (χ4v) is 2.17. The van der Waals surface area contributed by atoms with E-state index < -0.39 is 6.10 Å². The number of hydrogen-bond acceptors (Lipinski definition) is 3. The molecule has 1 fully saturated rings. The smallest absolute Gasteiger partial charge is 0.250 e. The van der Waals surface area contributed by atoms with Crippen molar-refractivity contribution in [3.63, 3.8) is 0 Å². The molecule has 0 radical (unpaired) electrons. The molecule has 0 aliphatic carbocycles. The van der Waals surface area contributed by atoms with Gasteiger partial charge in [-0.05, 0) is 17.7 Å². The second-order valence-corrected chi connectivity index (χ2v) is 5.68. The molecule has 1 aliphatic heterocycles. The molecule has 1 heterocycles. The van der Waals surface area contributed by atoms with Gasteiger partial charge in [0.25, 0.3) is 0 Å². The van der Waals surface area contributed by atoms with Crippen LogP contribution >= 0.6 is 12.4 Å². The van der Waals surface area contributed by atoms with E-state index in [1.807, 2.05) is 19.9 Å². The maximum absolute atomic E-state index is 13.3. The molecule has 21 heavy (non-hydrogen) atoms. The number of ether oxygens (including phenoxy) is 1. The summed E-state index contributed by atoms with van der Waals surface area (Å²) in [4.78, 5) is 12.0. The number of carbonyl (C=O) groups excluding carboxylic acids is 1. The highest BCUT2D eigenvalue weighted by Gasteiger charge is 2.26. The second-order valence-electron chi connectivity index (χ2n) is 5.68. The number of halogens is 2. The normalized spacial score (nSPS) is 18.7. The van der Waals surface area contributed by atoms with E-state index in [1.54, 1.807) is 6.07 Å². The van der Waals surface area contributed by atoms with Gasteiger partial charge in [-0.15, -0.1) is 12.4 Å². The van der Waals surface area contributed by atoms with Crippen LogP contribution in [-0.4, -0.2) is 38.3 Å². The Morgan fingerprint density at radius 2 is 2.29 bits per heavy atom. The number of nitrogens with one attached hydrogen (secondary N) is 2. The Bertz CT molecular complexity index is 476. The van der Waals surface area contributed by atoms with Crippen molar-refractivity contribution >= 4 is 18.3 Å². The van der Waals surface area contributed by atoms with Gasteiger partial charge in [-0.1, -0.05) is 26.0 Å². The zero-order valence-corrected chi connectivity index (χ0v) is 13.1. The molecule has 1 amide bonds. The van der Waals surface area contributed by atoms with Gasteiger partial charge in [0.15, 0.2) is 0 Å². The molecule has 0 aromatic heterocycles. The summed E-state index contributed by atoms with van der Waals surface area (Å²) in [5.41, 5.74) is 0.528. The fourth-order valence-electron chi connectivity index (χ4n) is 2.17. The number of hydrogen-bond donors (Lipinski definition) is 2. The molecule has 1 aromatic carbocycles. The van der Waals surface area contributed by atoms with Gasteiger partial charge in [-0.25, -0.2) is 4.39 Å². The van der Waals surface area contributed by atoms with Gasteiger partial charge in [0.2, 0.25) is 5.91 Å². The Balaban J connectivity index is 0.00000220. The van der Waals surface area contributed by atoms with Gasteiger partial charge < -0.3 is 15.4 Å². The Hall–Kier alpha value is -1.17. The molecule has 0 bridgehead atoms. The molecule has 1 unspecified atom stereocenters. The maximum Gasteiger partial charge on any atom is 0.250 e. The highest BCUT2D eigenvalue weighted by molar-refractivity contribution is 5.85. The average Bonchev–Trinajstić information content (AvgIpc) is 2.46. The van der Waals surface area contributed by atoms with Gasteiger partial charge in [-0.3, -0.25) is 4.79 Å². The van der Waals surface area contributed by atoms with E-state index >= 15 is 0 Å². The van der Waals surface area contributed by atoms with E-state index in [4.69, 9.17) is 4.74 Å². The lowest BCUT2D eigenvalue weighted by Crippen LogP contribution is -2.49. The quantitative estimate of drug-likeness (QED) is 0.887. The van der Waals surface area contributed by atoms with E-state index in [1.165, 1.54) is 12.1 Å². The minimum absolute atomic E-state index is 0. The summed E-state index contributed by atoms with van der Waals surface area (Å²) in [6.07, 6.45) is -0.438. The van der Waals surface area contributed by atoms with Gasteiger partial charge >= 0.3 is 0 Å². The maximum atomic E-state index is 13.3. The Morgan fingerprint density at radius 1 is 1.52 bits per heavy atom. The molecule has 1 aliphatic rings. The zero-order chi connectivity index (χ0) is 14.6. The molecule has 118 valence electrons. The van der Waals surface area contributed by atoms with Crippen LogP contribution in [0.5, 0.6) is 0 Å². The first-order chi connectivity index (χ1) is 9.49. The Kier molecular flexibility index (Phi) is 6.58. The first-order valence-electron chi connectivity index (χ1n) is 6.85. The van der Waals surface area contributed by atoms with E-state index in [0.29, 0.717) is 19.7 Å². The molecule has 1 aromatic rings. The largest absolute Gasteiger partial charge is 0.366 e. The first-order valence-corrected chi connectivity index (χ1v) is 6.85. The first kappa shape index (κ1) is 17.9. The SMILES string of the molecule is CC(C)(CNC(=O)C1CNCCO1)c1cccc(F)c1.Cl. The third-order valence-corrected chi connectivity index (χ3v) is 3.53. The van der Waals surface area contributed by atoms with E-state index in [0.717, 1.165) is 12.1 Å². The van der Waals surface area contributed by atoms with Crippen LogP contribution < -0.4 is 10.6 Å². The standard InChI is InChI=1S/C15H21FN2O2.ClH/c1-15(2,11-4-3-5-12(16)8-11)10-18-14(19)13-9-17-6-7-20-13;/h3-5,8,13,17H,6-7,9-10H2,1-2H3,(H,18,19);1H. The average molecular weight is 317 g/mol. The molecular formula is C15H22ClFN2O2. The number of rotatable bonds is 4. The second kappa shape index (κ2) is 7.73. The minimum Gasteiger partial charge on any atom is -0.366 e. The van der Waals surface area contributed by atoms with Crippen molar-refractivity contribution in [1.29, 1.82) is 0 Å². The van der Waals surface area contributed by atoms with Crippen LogP contribution in [0, 0.1) is 5.82 Å². The number of morpholine rings is 1. The van der Waals surface area contributed by atoms with Crippen molar-refractivity contribution in [2.75, 3.05) is 26.2 Å². The lowest BCUT2D eigenvalue weighted by molar-refractivity contribution is -0.134. The summed E-state index contributed by atoms with van der Waals surface area (Å²) in [6, 6.07) is 6.47. The predicted molar refractivity (Wildman–Crippen MR) is 82.3 cm³/mol. The van der Waals surface area contributed by atoms with E-state index in [-0.39, 0.29) is 29.5 Å². The zero-order valence-electron chi connectivity index (χ0n) is 12.3. The topological polar surface area (TPSA) is 50.4 Å². The van der Waals surface area contributed by atoms with Crippen LogP contribution in [0.1, 0.15) is 19.4 Å². The number of carbonyl (C=O) groups is 1. The minimum atomic E-state index is -0.438. The lowest BCUT2D eigenvalue weighted by Gasteiger charge is -2.28. The summed E-state index contributed by atoms with van der Waals surface area (Å²) in [7, 11) is 0. The van der Waals surface area contributed by atoms with Crippen LogP contribution in [0.15, 0.2) is 24.3 Å². The van der Waals surface area contributed by atoms with Gasteiger partial charge in [-0.2, -0.15) is 0 Å². The summed E-state index contributed by atoms with van der Waals surface area (Å²) in [5.74, 6) is -0.386. The van der Waals surface area contributed by atoms with Crippen LogP contribution in [0.4, 0.5) is 4.39 Å². The van der Waals surface area contributed by atoms with E-state index in [2.05, 4.69) is 10.6 Å². The third kappa shape index (κ3) is 4.95. The number of benzene rings is 1.